The summed E-state index contributed by atoms with van der Waals surface area (Å²) in [7, 11) is 2.04. The van der Waals surface area contributed by atoms with Gasteiger partial charge in [0, 0.05) is 52.0 Å². The van der Waals surface area contributed by atoms with Crippen molar-refractivity contribution in [1.29, 1.82) is 0 Å². The molecule has 3 fully saturated rings. The molecule has 73 heavy (non-hydrogen) atoms. The van der Waals surface area contributed by atoms with E-state index in [4.69, 9.17) is 28.1 Å². The van der Waals surface area contributed by atoms with E-state index in [0.717, 1.165) is 5.57 Å². The van der Waals surface area contributed by atoms with Gasteiger partial charge in [0.25, 0.3) is 11.7 Å². The van der Waals surface area contributed by atoms with Crippen LogP contribution in [0.15, 0.2) is 53.6 Å². The number of methoxy groups -OCH3 is 3. The minimum atomic E-state index is -2.60. The van der Waals surface area contributed by atoms with E-state index in [1.165, 1.54) is 11.8 Å². The maximum atomic E-state index is 15.1. The molecule has 2 bridgehead atoms. The van der Waals surface area contributed by atoms with Gasteiger partial charge < -0.3 is 43.2 Å². The van der Waals surface area contributed by atoms with Gasteiger partial charge in [-0.2, -0.15) is 0 Å². The Labute approximate surface area is 437 Å². The molecular formula is C58H91NO13Si. The van der Waals surface area contributed by atoms with E-state index in [2.05, 4.69) is 52.9 Å². The summed E-state index contributed by atoms with van der Waals surface area (Å²) in [4.78, 5) is 73.7. The molecule has 15 heteroatoms. The lowest BCUT2D eigenvalue weighted by Crippen LogP contribution is -2.64. The first-order chi connectivity index (χ1) is 34.2. The third-order valence-corrected chi connectivity index (χ3v) is 21.8. The molecule has 1 saturated carbocycles. The maximum absolute atomic E-state index is 15.1. The summed E-state index contributed by atoms with van der Waals surface area (Å²) in [5.74, 6) is -8.40. The molecule has 1 aromatic carbocycles. The lowest BCUT2D eigenvalue weighted by Gasteiger charge is -2.47. The number of benzene rings is 1. The Kier molecular flexibility index (Phi) is 20.8. The van der Waals surface area contributed by atoms with Crippen molar-refractivity contribution >= 4 is 37.5 Å². The van der Waals surface area contributed by atoms with Gasteiger partial charge in [0.15, 0.2) is 8.32 Å². The average molecular weight is 1040 g/mol. The van der Waals surface area contributed by atoms with E-state index >= 15 is 4.79 Å². The highest BCUT2D eigenvalue weighted by molar-refractivity contribution is 6.74. The zero-order valence-corrected chi connectivity index (χ0v) is 47.9. The zero-order valence-electron chi connectivity index (χ0n) is 46.9. The van der Waals surface area contributed by atoms with Crippen LogP contribution in [0.1, 0.15) is 151 Å². The largest absolute Gasteiger partial charge is 0.456 e. The van der Waals surface area contributed by atoms with Gasteiger partial charge in [-0.15, -0.1) is 0 Å². The number of ketones is 3. The third-order valence-electron chi connectivity index (χ3n) is 17.3. The molecule has 15 unspecified atom stereocenters. The Balaban J connectivity index is 1.63. The van der Waals surface area contributed by atoms with E-state index in [0.29, 0.717) is 56.1 Å². The number of hydrogen-bond acceptors (Lipinski definition) is 13. The molecule has 0 aromatic heterocycles. The maximum Gasteiger partial charge on any atom is 0.329 e. The van der Waals surface area contributed by atoms with Crippen molar-refractivity contribution in [3.63, 3.8) is 0 Å². The van der Waals surface area contributed by atoms with Gasteiger partial charge in [-0.3, -0.25) is 19.2 Å². The number of piperidine rings is 1. The number of hydrogen-bond donors (Lipinski definition) is 2. The number of carbonyl (C=O) groups excluding carboxylic acids is 5. The number of fused-ring (bicyclic) bond motifs is 3. The lowest BCUT2D eigenvalue weighted by molar-refractivity contribution is -0.302. The fraction of sp³-hybridized carbons (Fsp3) is 0.741. The normalized spacial score (nSPS) is 35.8. The number of aliphatic hydroxyl groups is 2. The molecule has 1 aromatic rings. The third kappa shape index (κ3) is 13.8. The number of rotatable bonds is 11. The Morgan fingerprint density at radius 1 is 0.904 bits per heavy atom. The Morgan fingerprint density at radius 2 is 1.55 bits per heavy atom. The number of carbonyl (C=O) groups is 5. The Hall–Kier alpha value is -3.41. The molecule has 5 rings (SSSR count). The molecule has 1 amide bonds. The SMILES string of the molecule is CCC1C=C(C)CC(C)CC(OC)C2OC(O)(C(=O)C(=O)N3CCCCC3C(=O)OC(C(C)=CC3CCC(O)(C(C(C)=O)c4ccccc4)C(OC)C3)C(C)C(O[Si](C)(C)C(C)(C)C)CC1=O)C(C)CC2OC. The smallest absolute Gasteiger partial charge is 0.329 e. The summed E-state index contributed by atoms with van der Waals surface area (Å²) in [6.45, 7) is 23.9. The van der Waals surface area contributed by atoms with Crippen molar-refractivity contribution in [2.24, 2.45) is 29.6 Å². The van der Waals surface area contributed by atoms with Gasteiger partial charge in [-0.05, 0) is 126 Å². The van der Waals surface area contributed by atoms with Gasteiger partial charge in [-0.25, -0.2) is 4.79 Å². The fourth-order valence-electron chi connectivity index (χ4n) is 12.0. The summed E-state index contributed by atoms with van der Waals surface area (Å²) in [5.41, 5.74) is 0.947. The lowest BCUT2D eigenvalue weighted by atomic mass is 9.66. The van der Waals surface area contributed by atoms with Crippen molar-refractivity contribution in [1.82, 2.24) is 4.90 Å². The molecule has 1 aliphatic carbocycles. The van der Waals surface area contributed by atoms with Gasteiger partial charge in [0.2, 0.25) is 5.79 Å². The van der Waals surface area contributed by atoms with E-state index in [1.807, 2.05) is 58.0 Å². The van der Waals surface area contributed by atoms with Crippen LogP contribution in [0.25, 0.3) is 0 Å². The predicted molar refractivity (Wildman–Crippen MR) is 283 cm³/mol. The van der Waals surface area contributed by atoms with Crippen LogP contribution >= 0.6 is 0 Å². The standard InChI is InChI=1S/C58H91NO13Si/c1-16-42-29-35(2)28-36(3)30-47(67-11)52-48(68-12)32-38(5)58(66,71-52)53(62)54(63)59-27-21-20-24-44(59)55(64)70-51(39(6)46(34-45(42)61)72-73(14,15)56(8,9)10)37(4)31-41-25-26-57(65,49(33-41)69-13)50(40(7)60)43-22-18-17-19-23-43/h17-19,22-23,29,31,36,38-39,41-42,44,46-52,65-66H,16,20-21,24-28,30,32-34H2,1-15H3. The van der Waals surface area contributed by atoms with E-state index in [9.17, 15) is 29.4 Å². The van der Waals surface area contributed by atoms with E-state index < -0.39 is 104 Å². The zero-order chi connectivity index (χ0) is 54.4. The second-order valence-electron chi connectivity index (χ2n) is 23.8. The van der Waals surface area contributed by atoms with Crippen molar-refractivity contribution in [2.75, 3.05) is 27.9 Å². The number of amides is 1. The molecular weight excluding hydrogens is 947 g/mol. The van der Waals surface area contributed by atoms with E-state index in [-0.39, 0.29) is 60.7 Å². The molecule has 0 spiro atoms. The number of ether oxygens (including phenoxy) is 5. The first kappa shape index (κ1) is 60.5. The van der Waals surface area contributed by atoms with Crippen molar-refractivity contribution < 1.29 is 62.3 Å². The van der Waals surface area contributed by atoms with Crippen LogP contribution in [0.5, 0.6) is 0 Å². The number of Topliss-reactive ketones (excluding diaryl/α,β-unsaturated/α-hetero) is 3. The molecule has 3 aliphatic heterocycles. The predicted octanol–water partition coefficient (Wildman–Crippen LogP) is 9.25. The van der Waals surface area contributed by atoms with Gasteiger partial charge in [0.05, 0.1) is 30.3 Å². The number of cyclic esters (lactones) is 1. The van der Waals surface area contributed by atoms with Gasteiger partial charge in [-0.1, -0.05) is 96.5 Å². The molecule has 4 aliphatic rings. The minimum absolute atomic E-state index is 0.0138. The highest BCUT2D eigenvalue weighted by atomic mass is 28.4. The average Bonchev–Trinajstić information content (AvgIpc) is 3.33. The highest BCUT2D eigenvalue weighted by Crippen LogP contribution is 2.46. The molecule has 410 valence electrons. The van der Waals surface area contributed by atoms with Crippen LogP contribution in [0.2, 0.25) is 18.1 Å². The van der Waals surface area contributed by atoms with Crippen LogP contribution in [-0.4, -0.2) is 135 Å². The van der Waals surface area contributed by atoms with Crippen molar-refractivity contribution in [3.05, 3.63) is 59.2 Å². The summed E-state index contributed by atoms with van der Waals surface area (Å²) in [5, 5.41) is 24.5. The summed E-state index contributed by atoms with van der Waals surface area (Å²) in [6, 6.07) is 8.12. The van der Waals surface area contributed by atoms with Crippen LogP contribution in [-0.2, 0) is 52.1 Å². The monoisotopic (exact) mass is 1040 g/mol. The first-order valence-electron chi connectivity index (χ1n) is 27.1. The molecule has 2 N–H and O–H groups in total. The Morgan fingerprint density at radius 3 is 2.14 bits per heavy atom. The highest BCUT2D eigenvalue weighted by Gasteiger charge is 2.57. The molecule has 0 radical (unpaired) electrons. The van der Waals surface area contributed by atoms with Crippen molar-refractivity contribution in [2.45, 2.75) is 218 Å². The van der Waals surface area contributed by atoms with Crippen LogP contribution in [0, 0.1) is 29.6 Å². The van der Waals surface area contributed by atoms with Gasteiger partial charge >= 0.3 is 5.97 Å². The number of esters is 1. The van der Waals surface area contributed by atoms with E-state index in [1.54, 1.807) is 28.3 Å². The summed E-state index contributed by atoms with van der Waals surface area (Å²) in [6.07, 6.45) is 4.04. The first-order valence-corrected chi connectivity index (χ1v) is 30.0. The fourth-order valence-corrected chi connectivity index (χ4v) is 13.4. The summed E-state index contributed by atoms with van der Waals surface area (Å²) >= 11 is 0. The van der Waals surface area contributed by atoms with Crippen LogP contribution < -0.4 is 0 Å². The quantitative estimate of drug-likeness (QED) is 0.0926. The molecule has 3 heterocycles. The second kappa shape index (κ2) is 25.2. The van der Waals surface area contributed by atoms with Crippen LogP contribution in [0.4, 0.5) is 0 Å². The van der Waals surface area contributed by atoms with Crippen LogP contribution in [0.3, 0.4) is 0 Å². The molecule has 14 nitrogen and oxygen atoms in total. The van der Waals surface area contributed by atoms with Gasteiger partial charge in [0.1, 0.15) is 35.4 Å². The molecule has 15 atom stereocenters. The minimum Gasteiger partial charge on any atom is -0.456 e. The number of allylic oxidation sites excluding steroid dienone is 3. The van der Waals surface area contributed by atoms with Crippen molar-refractivity contribution in [3.8, 4) is 0 Å². The molecule has 2 saturated heterocycles. The number of nitrogens with zero attached hydrogens (tertiary/aromatic N) is 1. The Bertz CT molecular complexity index is 2140. The second-order valence-corrected chi connectivity index (χ2v) is 28.6. The summed E-state index contributed by atoms with van der Waals surface area (Å²) < 4.78 is 38.3. The topological polar surface area (TPSA) is 184 Å².